The van der Waals surface area contributed by atoms with Crippen LogP contribution in [0, 0.1) is 5.92 Å². The highest BCUT2D eigenvalue weighted by Crippen LogP contribution is 2.18. The van der Waals surface area contributed by atoms with Crippen LogP contribution in [0.2, 0.25) is 5.02 Å². The number of aromatic nitrogens is 3. The van der Waals surface area contributed by atoms with Gasteiger partial charge in [-0.05, 0) is 38.5 Å². The molecule has 0 aliphatic carbocycles. The highest BCUT2D eigenvalue weighted by Gasteiger charge is 2.25. The van der Waals surface area contributed by atoms with Gasteiger partial charge < -0.3 is 10.4 Å². The van der Waals surface area contributed by atoms with E-state index in [4.69, 9.17) is 16.7 Å². The van der Waals surface area contributed by atoms with Crippen LogP contribution in [0.25, 0.3) is 5.69 Å². The second-order valence-electron chi connectivity index (χ2n) is 5.52. The van der Waals surface area contributed by atoms with Crippen molar-refractivity contribution in [2.75, 3.05) is 0 Å². The highest BCUT2D eigenvalue weighted by molar-refractivity contribution is 6.30. The molecule has 1 heterocycles. The van der Waals surface area contributed by atoms with Crippen molar-refractivity contribution in [2.45, 2.75) is 33.2 Å². The van der Waals surface area contributed by atoms with Crippen molar-refractivity contribution in [1.82, 2.24) is 20.3 Å². The minimum atomic E-state index is -0.971. The topological polar surface area (TPSA) is 97.1 Å². The SMILES string of the molecule is CCc1c(C(=O)NC(C)C(C)C(=O)O)nnn1-c1cccc(Cl)c1. The van der Waals surface area contributed by atoms with Crippen LogP contribution >= 0.6 is 11.6 Å². The molecule has 2 N–H and O–H groups in total. The molecule has 2 atom stereocenters. The molecule has 1 aromatic carbocycles. The van der Waals surface area contributed by atoms with E-state index in [0.717, 1.165) is 0 Å². The van der Waals surface area contributed by atoms with Crippen LogP contribution < -0.4 is 5.32 Å². The van der Waals surface area contributed by atoms with Crippen molar-refractivity contribution in [3.63, 3.8) is 0 Å². The fourth-order valence-electron chi connectivity index (χ4n) is 2.22. The summed E-state index contributed by atoms with van der Waals surface area (Å²) in [6.45, 7) is 5.07. The summed E-state index contributed by atoms with van der Waals surface area (Å²) in [5.74, 6) is -2.12. The summed E-state index contributed by atoms with van der Waals surface area (Å²) in [4.78, 5) is 23.4. The Kier molecular flexibility index (Phi) is 5.56. The molecule has 7 nitrogen and oxygen atoms in total. The number of carboxylic acid groups (broad SMARTS) is 1. The van der Waals surface area contributed by atoms with Crippen LogP contribution in [0.5, 0.6) is 0 Å². The molecular weight excluding hydrogens is 332 g/mol. The smallest absolute Gasteiger partial charge is 0.308 e. The zero-order valence-corrected chi connectivity index (χ0v) is 14.4. The third kappa shape index (κ3) is 3.73. The molecule has 0 radical (unpaired) electrons. The molecule has 1 amide bonds. The molecule has 0 aliphatic heterocycles. The largest absolute Gasteiger partial charge is 0.481 e. The normalized spacial score (nSPS) is 13.3. The van der Waals surface area contributed by atoms with Gasteiger partial charge in [-0.2, -0.15) is 0 Å². The zero-order valence-electron chi connectivity index (χ0n) is 13.7. The lowest BCUT2D eigenvalue weighted by molar-refractivity contribution is -0.141. The number of halogens is 1. The van der Waals surface area contributed by atoms with Gasteiger partial charge in [-0.1, -0.05) is 29.8 Å². The van der Waals surface area contributed by atoms with Crippen molar-refractivity contribution in [2.24, 2.45) is 5.92 Å². The third-order valence-corrected chi connectivity index (χ3v) is 4.10. The average Bonchev–Trinajstić information content (AvgIpc) is 2.97. The maximum absolute atomic E-state index is 12.4. The minimum absolute atomic E-state index is 0.182. The number of carboxylic acids is 1. The summed E-state index contributed by atoms with van der Waals surface area (Å²) < 4.78 is 1.56. The predicted molar refractivity (Wildman–Crippen MR) is 89.5 cm³/mol. The Morgan fingerprint density at radius 2 is 2.08 bits per heavy atom. The lowest BCUT2D eigenvalue weighted by Crippen LogP contribution is -2.40. The van der Waals surface area contributed by atoms with Crippen LogP contribution in [0.4, 0.5) is 0 Å². The lowest BCUT2D eigenvalue weighted by atomic mass is 10.0. The molecule has 0 fully saturated rings. The summed E-state index contributed by atoms with van der Waals surface area (Å²) in [6.07, 6.45) is 0.533. The maximum Gasteiger partial charge on any atom is 0.308 e. The molecule has 24 heavy (non-hydrogen) atoms. The first-order chi connectivity index (χ1) is 11.3. The summed E-state index contributed by atoms with van der Waals surface area (Å²) >= 11 is 6.00. The molecule has 0 saturated carbocycles. The summed E-state index contributed by atoms with van der Waals surface area (Å²) in [5.41, 5.74) is 1.52. The molecule has 8 heteroatoms. The van der Waals surface area contributed by atoms with Crippen molar-refractivity contribution in [1.29, 1.82) is 0 Å². The van der Waals surface area contributed by atoms with Gasteiger partial charge in [0.15, 0.2) is 5.69 Å². The summed E-state index contributed by atoms with van der Waals surface area (Å²) in [5, 5.41) is 20.2. The Labute approximate surface area is 144 Å². The number of carbonyl (C=O) groups is 2. The zero-order chi connectivity index (χ0) is 17.9. The highest BCUT2D eigenvalue weighted by atomic mass is 35.5. The minimum Gasteiger partial charge on any atom is -0.481 e. The van der Waals surface area contributed by atoms with Gasteiger partial charge in [0.1, 0.15) is 0 Å². The Bertz CT molecular complexity index is 760. The number of carbonyl (C=O) groups excluding carboxylic acids is 1. The summed E-state index contributed by atoms with van der Waals surface area (Å²) in [7, 11) is 0. The standard InChI is InChI=1S/C16H19ClN4O3/c1-4-13-14(15(22)18-10(3)9(2)16(23)24)19-20-21(13)12-7-5-6-11(17)8-12/h5-10H,4H2,1-3H3,(H,18,22)(H,23,24). The molecule has 2 rings (SSSR count). The molecule has 128 valence electrons. The molecule has 0 bridgehead atoms. The van der Waals surface area contributed by atoms with Gasteiger partial charge in [0.05, 0.1) is 17.3 Å². The monoisotopic (exact) mass is 350 g/mol. The second kappa shape index (κ2) is 7.44. The predicted octanol–water partition coefficient (Wildman–Crippen LogP) is 2.32. The molecule has 2 aromatic rings. The number of amides is 1. The Hall–Kier alpha value is -2.41. The van der Waals surface area contributed by atoms with Gasteiger partial charge in [0.25, 0.3) is 5.91 Å². The number of rotatable bonds is 6. The quantitative estimate of drug-likeness (QED) is 0.833. The third-order valence-electron chi connectivity index (χ3n) is 3.86. The summed E-state index contributed by atoms with van der Waals surface area (Å²) in [6, 6.07) is 6.55. The van der Waals surface area contributed by atoms with Crippen LogP contribution in [0.15, 0.2) is 24.3 Å². The van der Waals surface area contributed by atoms with Gasteiger partial charge in [0, 0.05) is 11.1 Å². The number of nitrogens with one attached hydrogen (secondary N) is 1. The number of benzene rings is 1. The first-order valence-electron chi connectivity index (χ1n) is 7.59. The number of hydrogen-bond acceptors (Lipinski definition) is 4. The van der Waals surface area contributed by atoms with Crippen molar-refractivity contribution >= 4 is 23.5 Å². The van der Waals surface area contributed by atoms with Crippen molar-refractivity contribution in [3.05, 3.63) is 40.7 Å². The van der Waals surface area contributed by atoms with Crippen LogP contribution in [0.3, 0.4) is 0 Å². The lowest BCUT2D eigenvalue weighted by Gasteiger charge is -2.17. The van der Waals surface area contributed by atoms with E-state index in [1.807, 2.05) is 13.0 Å². The van der Waals surface area contributed by atoms with E-state index in [1.165, 1.54) is 6.92 Å². The van der Waals surface area contributed by atoms with Gasteiger partial charge in [0.2, 0.25) is 0 Å². The van der Waals surface area contributed by atoms with E-state index in [2.05, 4.69) is 15.6 Å². The van der Waals surface area contributed by atoms with Gasteiger partial charge in [-0.3, -0.25) is 9.59 Å². The Balaban J connectivity index is 2.29. The van der Waals surface area contributed by atoms with E-state index in [-0.39, 0.29) is 5.69 Å². The maximum atomic E-state index is 12.4. The van der Waals surface area contributed by atoms with E-state index in [1.54, 1.807) is 29.8 Å². The van der Waals surface area contributed by atoms with Gasteiger partial charge in [-0.25, -0.2) is 4.68 Å². The van der Waals surface area contributed by atoms with Gasteiger partial charge in [-0.15, -0.1) is 5.10 Å². The second-order valence-corrected chi connectivity index (χ2v) is 5.96. The number of hydrogen-bond donors (Lipinski definition) is 2. The molecular formula is C16H19ClN4O3. The molecule has 0 aliphatic rings. The van der Waals surface area contributed by atoms with E-state index in [0.29, 0.717) is 22.8 Å². The number of aliphatic carboxylic acids is 1. The number of nitrogens with zero attached hydrogens (tertiary/aromatic N) is 3. The van der Waals surface area contributed by atoms with E-state index < -0.39 is 23.8 Å². The molecule has 2 unspecified atom stereocenters. The van der Waals surface area contributed by atoms with Crippen LogP contribution in [-0.2, 0) is 11.2 Å². The molecule has 1 aromatic heterocycles. The van der Waals surface area contributed by atoms with Crippen molar-refractivity contribution in [3.8, 4) is 5.69 Å². The molecule has 0 saturated heterocycles. The first-order valence-corrected chi connectivity index (χ1v) is 7.97. The fraction of sp³-hybridized carbons (Fsp3) is 0.375. The molecule has 0 spiro atoms. The average molecular weight is 351 g/mol. The van der Waals surface area contributed by atoms with E-state index >= 15 is 0 Å². The Morgan fingerprint density at radius 3 is 2.67 bits per heavy atom. The van der Waals surface area contributed by atoms with Gasteiger partial charge >= 0.3 is 5.97 Å². The van der Waals surface area contributed by atoms with Crippen molar-refractivity contribution < 1.29 is 14.7 Å². The Morgan fingerprint density at radius 1 is 1.38 bits per heavy atom. The van der Waals surface area contributed by atoms with Crippen LogP contribution in [0.1, 0.15) is 37.0 Å². The van der Waals surface area contributed by atoms with E-state index in [9.17, 15) is 9.59 Å². The first kappa shape index (κ1) is 17.9. The fourth-order valence-corrected chi connectivity index (χ4v) is 2.41. The van der Waals surface area contributed by atoms with Crippen LogP contribution in [-0.4, -0.2) is 38.0 Å².